The van der Waals surface area contributed by atoms with Crippen LogP contribution in [0.2, 0.25) is 0 Å². The van der Waals surface area contributed by atoms with Crippen molar-refractivity contribution in [2.24, 2.45) is 0 Å². The molecule has 27 heavy (non-hydrogen) atoms. The molecule has 0 N–H and O–H groups in total. The summed E-state index contributed by atoms with van der Waals surface area (Å²) >= 11 is 0. The molecule has 0 aliphatic carbocycles. The molecule has 0 saturated carbocycles. The first-order valence-electron chi connectivity index (χ1n) is 9.24. The molecule has 1 heterocycles. The zero-order chi connectivity index (χ0) is 20.2. The molecule has 0 aromatic heterocycles. The van der Waals surface area contributed by atoms with Crippen molar-refractivity contribution in [1.29, 1.82) is 0 Å². The molecule has 1 aliphatic rings. The molecule has 1 amide bonds. The van der Waals surface area contributed by atoms with Gasteiger partial charge in [0.05, 0.1) is 23.3 Å². The summed E-state index contributed by atoms with van der Waals surface area (Å²) in [5.41, 5.74) is 0.347. The van der Waals surface area contributed by atoms with Crippen molar-refractivity contribution in [2.45, 2.75) is 52.2 Å². The van der Waals surface area contributed by atoms with Gasteiger partial charge in [-0.1, -0.05) is 0 Å². The van der Waals surface area contributed by atoms with Gasteiger partial charge in [-0.05, 0) is 46.6 Å². The van der Waals surface area contributed by atoms with Gasteiger partial charge < -0.3 is 19.3 Å². The minimum atomic E-state index is -0.517. The molecule has 2 rings (SSSR count). The van der Waals surface area contributed by atoms with Crippen LogP contribution < -0.4 is 9.64 Å². The second kappa shape index (κ2) is 8.45. The number of non-ortho nitro benzene ring substituents is 1. The van der Waals surface area contributed by atoms with Crippen molar-refractivity contribution >= 4 is 17.5 Å². The molecule has 1 aromatic rings. The van der Waals surface area contributed by atoms with Crippen LogP contribution in [0.4, 0.5) is 16.2 Å². The summed E-state index contributed by atoms with van der Waals surface area (Å²) in [6.45, 7) is 9.31. The van der Waals surface area contributed by atoms with Gasteiger partial charge in [-0.25, -0.2) is 4.79 Å². The summed E-state index contributed by atoms with van der Waals surface area (Å²) < 4.78 is 11.1. The van der Waals surface area contributed by atoms with E-state index in [2.05, 4.69) is 4.90 Å². The lowest BCUT2D eigenvalue weighted by atomic mass is 10.0. The molecule has 150 valence electrons. The number of nitro benzene ring substituents is 1. The van der Waals surface area contributed by atoms with Crippen LogP contribution in [0.15, 0.2) is 18.2 Å². The number of benzene rings is 1. The van der Waals surface area contributed by atoms with E-state index >= 15 is 0 Å². The van der Waals surface area contributed by atoms with Crippen LogP contribution in [0.25, 0.3) is 0 Å². The predicted molar refractivity (Wildman–Crippen MR) is 103 cm³/mol. The maximum absolute atomic E-state index is 12.3. The smallest absolute Gasteiger partial charge is 0.410 e. The highest BCUT2D eigenvalue weighted by atomic mass is 16.6. The molecular weight excluding hydrogens is 350 g/mol. The molecule has 1 aromatic carbocycles. The van der Waals surface area contributed by atoms with Crippen molar-refractivity contribution in [3.8, 4) is 5.75 Å². The number of carbonyl (C=O) groups is 1. The van der Waals surface area contributed by atoms with E-state index in [1.807, 2.05) is 27.7 Å². The largest absolute Gasteiger partial charge is 0.491 e. The molecule has 1 saturated heterocycles. The number of amides is 1. The molecule has 0 atom stereocenters. The van der Waals surface area contributed by atoms with E-state index in [1.54, 1.807) is 18.0 Å². The maximum atomic E-state index is 12.3. The lowest BCUT2D eigenvalue weighted by molar-refractivity contribution is -0.384. The van der Waals surface area contributed by atoms with Crippen molar-refractivity contribution in [3.05, 3.63) is 28.3 Å². The third-order valence-electron chi connectivity index (χ3n) is 4.49. The zero-order valence-electron chi connectivity index (χ0n) is 16.7. The van der Waals surface area contributed by atoms with Crippen molar-refractivity contribution in [2.75, 3.05) is 31.6 Å². The van der Waals surface area contributed by atoms with E-state index in [9.17, 15) is 14.9 Å². The second-order valence-electron chi connectivity index (χ2n) is 7.65. The summed E-state index contributed by atoms with van der Waals surface area (Å²) in [7, 11) is 1.77. The molecule has 1 fully saturated rings. The van der Waals surface area contributed by atoms with Crippen LogP contribution in [0, 0.1) is 10.1 Å². The topological polar surface area (TPSA) is 85.2 Å². The Morgan fingerprint density at radius 3 is 2.48 bits per heavy atom. The Kier molecular flexibility index (Phi) is 6.51. The van der Waals surface area contributed by atoms with Crippen molar-refractivity contribution in [1.82, 2.24) is 4.90 Å². The van der Waals surface area contributed by atoms with Gasteiger partial charge in [0, 0.05) is 32.2 Å². The number of hydrogen-bond acceptors (Lipinski definition) is 6. The Morgan fingerprint density at radius 2 is 1.96 bits per heavy atom. The van der Waals surface area contributed by atoms with E-state index in [1.165, 1.54) is 12.1 Å². The highest BCUT2D eigenvalue weighted by Crippen LogP contribution is 2.34. The number of ether oxygens (including phenoxy) is 2. The summed E-state index contributed by atoms with van der Waals surface area (Å²) in [6, 6.07) is 4.81. The number of carbonyl (C=O) groups excluding carboxylic acids is 1. The standard InChI is InChI=1S/C19H29N3O5/c1-6-26-17-13-15(22(24)25)7-8-16(17)21-11-9-14(10-12-21)20(5)18(23)27-19(2,3)4/h7-8,13-14H,6,9-12H2,1-5H3. The first-order chi connectivity index (χ1) is 12.6. The van der Waals surface area contributed by atoms with Gasteiger partial charge in [0.1, 0.15) is 11.4 Å². The monoisotopic (exact) mass is 379 g/mol. The summed E-state index contributed by atoms with van der Waals surface area (Å²) in [5.74, 6) is 0.519. The number of nitrogens with zero attached hydrogens (tertiary/aromatic N) is 3. The Morgan fingerprint density at radius 1 is 1.33 bits per heavy atom. The fraction of sp³-hybridized carbons (Fsp3) is 0.632. The normalized spacial score (nSPS) is 15.4. The quantitative estimate of drug-likeness (QED) is 0.571. The number of piperidine rings is 1. The average Bonchev–Trinajstić information content (AvgIpc) is 2.60. The molecule has 8 heteroatoms. The van der Waals surface area contributed by atoms with Gasteiger partial charge in [-0.15, -0.1) is 0 Å². The molecule has 0 spiro atoms. The minimum Gasteiger partial charge on any atom is -0.491 e. The molecule has 0 unspecified atom stereocenters. The van der Waals surface area contributed by atoms with E-state index in [-0.39, 0.29) is 17.8 Å². The number of anilines is 1. The van der Waals surface area contributed by atoms with E-state index < -0.39 is 10.5 Å². The van der Waals surface area contributed by atoms with Crippen LogP contribution in [0.3, 0.4) is 0 Å². The molecule has 1 aliphatic heterocycles. The van der Waals surface area contributed by atoms with E-state index in [0.717, 1.165) is 31.6 Å². The van der Waals surface area contributed by atoms with Crippen LogP contribution >= 0.6 is 0 Å². The van der Waals surface area contributed by atoms with Crippen LogP contribution in [-0.2, 0) is 4.74 Å². The first kappa shape index (κ1) is 20.8. The fourth-order valence-electron chi connectivity index (χ4n) is 3.13. The van der Waals surface area contributed by atoms with E-state index in [4.69, 9.17) is 9.47 Å². The number of hydrogen-bond donors (Lipinski definition) is 0. The van der Waals surface area contributed by atoms with E-state index in [0.29, 0.717) is 12.4 Å². The highest BCUT2D eigenvalue weighted by Gasteiger charge is 2.29. The maximum Gasteiger partial charge on any atom is 0.410 e. The SMILES string of the molecule is CCOc1cc([N+](=O)[O-])ccc1N1CCC(N(C)C(=O)OC(C)(C)C)CC1. The van der Waals surface area contributed by atoms with Gasteiger partial charge in [0.25, 0.3) is 5.69 Å². The van der Waals surface area contributed by atoms with Gasteiger partial charge >= 0.3 is 6.09 Å². The summed E-state index contributed by atoms with van der Waals surface area (Å²) in [4.78, 5) is 26.7. The Bertz CT molecular complexity index is 678. The molecule has 8 nitrogen and oxygen atoms in total. The number of nitro groups is 1. The molecular formula is C19H29N3O5. The van der Waals surface area contributed by atoms with Gasteiger partial charge in [-0.3, -0.25) is 10.1 Å². The molecule has 0 radical (unpaired) electrons. The lowest BCUT2D eigenvalue weighted by Crippen LogP contribution is -2.47. The first-order valence-corrected chi connectivity index (χ1v) is 9.24. The van der Waals surface area contributed by atoms with Gasteiger partial charge in [-0.2, -0.15) is 0 Å². The Balaban J connectivity index is 2.05. The van der Waals surface area contributed by atoms with Crippen LogP contribution in [0.5, 0.6) is 5.75 Å². The summed E-state index contributed by atoms with van der Waals surface area (Å²) in [6.07, 6.45) is 1.27. The lowest BCUT2D eigenvalue weighted by Gasteiger charge is -2.38. The zero-order valence-corrected chi connectivity index (χ0v) is 16.7. The fourth-order valence-corrected chi connectivity index (χ4v) is 3.13. The molecule has 0 bridgehead atoms. The number of rotatable bonds is 5. The highest BCUT2D eigenvalue weighted by molar-refractivity contribution is 5.68. The summed E-state index contributed by atoms with van der Waals surface area (Å²) in [5, 5.41) is 11.0. The Labute approximate surface area is 160 Å². The van der Waals surface area contributed by atoms with Crippen LogP contribution in [-0.4, -0.2) is 54.3 Å². The minimum absolute atomic E-state index is 0.0155. The van der Waals surface area contributed by atoms with Crippen molar-refractivity contribution in [3.63, 3.8) is 0 Å². The third kappa shape index (κ3) is 5.48. The van der Waals surface area contributed by atoms with Crippen LogP contribution in [0.1, 0.15) is 40.5 Å². The predicted octanol–water partition coefficient (Wildman–Crippen LogP) is 3.83. The van der Waals surface area contributed by atoms with Crippen molar-refractivity contribution < 1.29 is 19.2 Å². The second-order valence-corrected chi connectivity index (χ2v) is 7.65. The van der Waals surface area contributed by atoms with Gasteiger partial charge in [0.15, 0.2) is 0 Å². The third-order valence-corrected chi connectivity index (χ3v) is 4.49. The van der Waals surface area contributed by atoms with Gasteiger partial charge in [0.2, 0.25) is 0 Å². The average molecular weight is 379 g/mol. The Hall–Kier alpha value is -2.51.